The van der Waals surface area contributed by atoms with Crippen molar-refractivity contribution in [3.05, 3.63) is 11.9 Å². The third-order valence-electron chi connectivity index (χ3n) is 4.44. The number of anilines is 3. The number of rotatable bonds is 11. The number of hydrogen-bond donors (Lipinski definition) is 0. The molecule has 2 heteroatoms. The van der Waals surface area contributed by atoms with E-state index in [1.165, 1.54) is 93.4 Å². The van der Waals surface area contributed by atoms with Gasteiger partial charge < -0.3 is 0 Å². The number of aryl methyl sites for hydroxylation is 1. The Morgan fingerprint density at radius 3 is 2.00 bits per heavy atom. The third kappa shape index (κ3) is 2.93. The minimum absolute atomic E-state index is 1.19. The normalized spacial score (nSPS) is 13.6. The number of aromatic nitrogens is 1. The van der Waals surface area contributed by atoms with E-state index < -0.39 is 0 Å². The Kier molecular flexibility index (Phi) is 4.05. The molecule has 1 aromatic heterocycles. The molecule has 0 fully saturated rings. The predicted molar refractivity (Wildman–Crippen MR) is 81.6 cm³/mol. The van der Waals surface area contributed by atoms with Crippen LogP contribution in [-0.2, 0) is 6.42 Å². The summed E-state index contributed by atoms with van der Waals surface area (Å²) in [6, 6.07) is 0. The van der Waals surface area contributed by atoms with E-state index in [2.05, 4.69) is 16.8 Å². The molecule has 0 N–H and O–H groups in total. The van der Waals surface area contributed by atoms with Crippen molar-refractivity contribution in [2.75, 3.05) is 4.90 Å². The van der Waals surface area contributed by atoms with Crippen LogP contribution in [0.3, 0.4) is 0 Å². The molecule has 19 heavy (non-hydrogen) atoms. The highest BCUT2D eigenvalue weighted by molar-refractivity contribution is 6.25. The summed E-state index contributed by atoms with van der Waals surface area (Å²) >= 11 is 0. The second-order valence-corrected chi connectivity index (χ2v) is 6.05. The van der Waals surface area contributed by atoms with E-state index in [9.17, 15) is 0 Å². The van der Waals surface area contributed by atoms with Gasteiger partial charge in [0.25, 0.3) is 0 Å². The summed E-state index contributed by atoms with van der Waals surface area (Å²) in [4.78, 5) is 6.84. The number of fused-ring (bicyclic) bond motifs is 2. The second kappa shape index (κ2) is 5.94. The van der Waals surface area contributed by atoms with E-state index >= 15 is 0 Å². The van der Waals surface area contributed by atoms with Gasteiger partial charge in [-0.05, 0) is 12.8 Å². The average molecular weight is 258 g/mol. The molecule has 0 saturated heterocycles. The van der Waals surface area contributed by atoms with Crippen LogP contribution in [0.1, 0.15) is 76.8 Å². The van der Waals surface area contributed by atoms with Gasteiger partial charge in [0.05, 0.1) is 29.0 Å². The van der Waals surface area contributed by atoms with E-state index in [1.807, 2.05) is 6.20 Å². The molecule has 2 nitrogen and oxygen atoms in total. The van der Waals surface area contributed by atoms with Gasteiger partial charge in [0, 0.05) is 0 Å². The van der Waals surface area contributed by atoms with Crippen LogP contribution in [0, 0.1) is 0 Å². The molecule has 0 unspecified atom stereocenters. The average Bonchev–Trinajstić information content (AvgIpc) is 3.32. The van der Waals surface area contributed by atoms with Crippen molar-refractivity contribution in [2.45, 2.75) is 77.6 Å². The number of hydrogen-bond acceptors (Lipinski definition) is 2. The molecule has 1 aromatic rings. The van der Waals surface area contributed by atoms with Gasteiger partial charge in [-0.15, -0.1) is 0 Å². The highest BCUT2D eigenvalue weighted by atomic mass is 15.4. The minimum atomic E-state index is 1.19. The van der Waals surface area contributed by atoms with Crippen molar-refractivity contribution in [1.29, 1.82) is 0 Å². The minimum Gasteiger partial charge on any atom is -0.299 e. The standard InChI is InChI=1S/C17H26N2/c1-2-3-4-5-6-7-8-9-10-11-12-14-16-17-15(13-18-14)19(16)17/h13H,2-12H2,1H3. The Morgan fingerprint density at radius 1 is 0.842 bits per heavy atom. The summed E-state index contributed by atoms with van der Waals surface area (Å²) in [7, 11) is 0. The Morgan fingerprint density at radius 2 is 1.42 bits per heavy atom. The quantitative estimate of drug-likeness (QED) is 0.327. The fourth-order valence-corrected chi connectivity index (χ4v) is 3.08. The summed E-state index contributed by atoms with van der Waals surface area (Å²) < 4.78 is 0. The fraction of sp³-hybridized carbons (Fsp3) is 0.706. The predicted octanol–water partition coefficient (Wildman–Crippen LogP) is 5.64. The van der Waals surface area contributed by atoms with Crippen molar-refractivity contribution in [1.82, 2.24) is 4.98 Å². The smallest absolute Gasteiger partial charge is 0.0984 e. The molecule has 0 aromatic carbocycles. The first-order valence-corrected chi connectivity index (χ1v) is 8.25. The molecule has 0 saturated carbocycles. The number of unbranched alkanes of at least 4 members (excludes halogenated alkanes) is 9. The topological polar surface area (TPSA) is 15.9 Å². The monoisotopic (exact) mass is 258 g/mol. The first-order chi connectivity index (χ1) is 9.43. The van der Waals surface area contributed by atoms with E-state index in [0.717, 1.165) is 0 Å². The van der Waals surface area contributed by atoms with Gasteiger partial charge in [-0.3, -0.25) is 9.88 Å². The molecule has 0 radical (unpaired) electrons. The van der Waals surface area contributed by atoms with Crippen molar-refractivity contribution >= 4 is 17.1 Å². The molecule has 0 aliphatic carbocycles. The summed E-state index contributed by atoms with van der Waals surface area (Å²) in [5, 5.41) is 0. The van der Waals surface area contributed by atoms with Gasteiger partial charge in [-0.1, -0.05) is 64.7 Å². The zero-order valence-corrected chi connectivity index (χ0v) is 12.2. The lowest BCUT2D eigenvalue weighted by atomic mass is 10.0. The van der Waals surface area contributed by atoms with Crippen LogP contribution in [0.15, 0.2) is 6.20 Å². The van der Waals surface area contributed by atoms with Gasteiger partial charge in [-0.25, -0.2) is 0 Å². The Bertz CT molecular complexity index is 439. The Hall–Kier alpha value is -1.05. The summed E-state index contributed by atoms with van der Waals surface area (Å²) in [6.45, 7) is 2.28. The van der Waals surface area contributed by atoms with Crippen molar-refractivity contribution < 1.29 is 0 Å². The number of pyridine rings is 1. The SMILES string of the molecule is CCCCCCCCCCCCc1ncc2c3c1N23. The maximum absolute atomic E-state index is 4.51. The second-order valence-electron chi connectivity index (χ2n) is 6.05. The molecule has 3 aliphatic rings. The van der Waals surface area contributed by atoms with E-state index in [0.29, 0.717) is 0 Å². The molecule has 0 atom stereocenters. The Labute approximate surface area is 117 Å². The zero-order valence-electron chi connectivity index (χ0n) is 12.2. The van der Waals surface area contributed by atoms with Crippen LogP contribution in [-0.4, -0.2) is 4.98 Å². The van der Waals surface area contributed by atoms with Crippen LogP contribution in [0.4, 0.5) is 17.1 Å². The first kappa shape index (κ1) is 13.0. The number of nitrogens with zero attached hydrogens (tertiary/aromatic N) is 2. The van der Waals surface area contributed by atoms with Gasteiger partial charge >= 0.3 is 0 Å². The Balaban J connectivity index is 1.15. The first-order valence-electron chi connectivity index (χ1n) is 8.25. The maximum atomic E-state index is 4.51. The van der Waals surface area contributed by atoms with Crippen molar-refractivity contribution in [2.24, 2.45) is 0 Å². The highest BCUT2D eigenvalue weighted by Crippen LogP contribution is 2.74. The van der Waals surface area contributed by atoms with Gasteiger partial charge in [-0.2, -0.15) is 0 Å². The molecule has 4 rings (SSSR count). The molecule has 2 bridgehead atoms. The zero-order chi connectivity index (χ0) is 13.1. The van der Waals surface area contributed by atoms with Crippen LogP contribution >= 0.6 is 0 Å². The molecular weight excluding hydrogens is 232 g/mol. The van der Waals surface area contributed by atoms with E-state index in [-0.39, 0.29) is 0 Å². The van der Waals surface area contributed by atoms with Gasteiger partial charge in [0.15, 0.2) is 0 Å². The molecule has 3 aliphatic heterocycles. The van der Waals surface area contributed by atoms with Crippen LogP contribution in [0.5, 0.6) is 0 Å². The lowest BCUT2D eigenvalue weighted by molar-refractivity contribution is 0.555. The lowest BCUT2D eigenvalue weighted by Gasteiger charge is -2.04. The van der Waals surface area contributed by atoms with Crippen LogP contribution in [0.2, 0.25) is 0 Å². The third-order valence-corrected chi connectivity index (χ3v) is 4.44. The van der Waals surface area contributed by atoms with Crippen LogP contribution < -0.4 is 4.90 Å². The maximum Gasteiger partial charge on any atom is 0.0984 e. The molecular formula is C17H26N2. The summed E-state index contributed by atoms with van der Waals surface area (Å²) in [5.41, 5.74) is 5.69. The highest BCUT2D eigenvalue weighted by Gasteiger charge is 2.52. The van der Waals surface area contributed by atoms with Crippen molar-refractivity contribution in [3.8, 4) is 0 Å². The fourth-order valence-electron chi connectivity index (χ4n) is 3.08. The molecule has 0 amide bonds. The summed E-state index contributed by atoms with van der Waals surface area (Å²) in [5.74, 6) is 0. The lowest BCUT2D eigenvalue weighted by Crippen LogP contribution is -1.93. The molecule has 4 heterocycles. The van der Waals surface area contributed by atoms with Gasteiger partial charge in [0.2, 0.25) is 0 Å². The van der Waals surface area contributed by atoms with Gasteiger partial charge in [0.1, 0.15) is 0 Å². The summed E-state index contributed by atoms with van der Waals surface area (Å²) in [6.07, 6.45) is 17.3. The molecule has 104 valence electrons. The van der Waals surface area contributed by atoms with E-state index in [4.69, 9.17) is 0 Å². The van der Waals surface area contributed by atoms with E-state index in [1.54, 1.807) is 0 Å². The van der Waals surface area contributed by atoms with Crippen LogP contribution in [0.25, 0.3) is 0 Å². The largest absolute Gasteiger partial charge is 0.299 e. The molecule has 0 spiro atoms. The van der Waals surface area contributed by atoms with Crippen molar-refractivity contribution in [3.63, 3.8) is 0 Å².